The number of amides is 1. The molecule has 1 aromatic carbocycles. The lowest BCUT2D eigenvalue weighted by Crippen LogP contribution is -2.15. The van der Waals surface area contributed by atoms with Crippen molar-refractivity contribution in [2.75, 3.05) is 17.2 Å². The van der Waals surface area contributed by atoms with Crippen molar-refractivity contribution in [2.45, 2.75) is 20.8 Å². The molecule has 0 spiro atoms. The maximum absolute atomic E-state index is 12.1. The van der Waals surface area contributed by atoms with Crippen molar-refractivity contribution in [3.63, 3.8) is 0 Å². The highest BCUT2D eigenvalue weighted by Crippen LogP contribution is 2.14. The molecule has 1 heterocycles. The number of aromatic nitrogens is 2. The summed E-state index contributed by atoms with van der Waals surface area (Å²) in [5.41, 5.74) is 3.28. The average molecular weight is 270 g/mol. The number of hydrogen-bond acceptors (Lipinski definition) is 4. The van der Waals surface area contributed by atoms with Crippen molar-refractivity contribution < 1.29 is 4.79 Å². The van der Waals surface area contributed by atoms with Crippen LogP contribution >= 0.6 is 0 Å². The van der Waals surface area contributed by atoms with Gasteiger partial charge in [-0.3, -0.25) is 4.79 Å². The van der Waals surface area contributed by atoms with Gasteiger partial charge in [-0.05, 0) is 56.2 Å². The second kappa shape index (κ2) is 6.14. The minimum atomic E-state index is -0.259. The molecule has 0 atom stereocenters. The third-order valence-electron chi connectivity index (χ3n) is 2.73. The first-order chi connectivity index (χ1) is 9.58. The van der Waals surface area contributed by atoms with Crippen LogP contribution in [0.25, 0.3) is 0 Å². The summed E-state index contributed by atoms with van der Waals surface area (Å²) in [7, 11) is 0. The quantitative estimate of drug-likeness (QED) is 0.896. The van der Waals surface area contributed by atoms with E-state index in [4.69, 9.17) is 0 Å². The summed E-state index contributed by atoms with van der Waals surface area (Å²) in [6.07, 6.45) is 0. The molecule has 104 valence electrons. The molecule has 1 aromatic heterocycles. The highest BCUT2D eigenvalue weighted by molar-refractivity contribution is 6.02. The number of rotatable bonds is 4. The monoisotopic (exact) mass is 270 g/mol. The molecular formula is C15H18N4O. The maximum Gasteiger partial charge on any atom is 0.276 e. The van der Waals surface area contributed by atoms with E-state index in [2.05, 4.69) is 26.9 Å². The lowest BCUT2D eigenvalue weighted by atomic mass is 10.1. The molecule has 0 fully saturated rings. The number of aryl methyl sites for hydroxylation is 2. The Labute approximate surface area is 118 Å². The van der Waals surface area contributed by atoms with E-state index < -0.39 is 0 Å². The largest absolute Gasteiger partial charge is 0.369 e. The molecular weight excluding hydrogens is 252 g/mol. The molecule has 1 amide bonds. The van der Waals surface area contributed by atoms with E-state index in [1.807, 2.05) is 32.9 Å². The van der Waals surface area contributed by atoms with Crippen molar-refractivity contribution in [1.29, 1.82) is 0 Å². The van der Waals surface area contributed by atoms with E-state index in [-0.39, 0.29) is 5.91 Å². The van der Waals surface area contributed by atoms with E-state index in [0.717, 1.165) is 23.4 Å². The number of nitrogens with one attached hydrogen (secondary N) is 2. The van der Waals surface area contributed by atoms with Crippen LogP contribution in [0.2, 0.25) is 0 Å². The Morgan fingerprint density at radius 3 is 2.35 bits per heavy atom. The molecule has 0 unspecified atom stereocenters. The number of carbonyl (C=O) groups is 1. The fourth-order valence-electron chi connectivity index (χ4n) is 1.97. The lowest BCUT2D eigenvalue weighted by Gasteiger charge is -2.07. The van der Waals surface area contributed by atoms with Gasteiger partial charge in [-0.1, -0.05) is 6.07 Å². The SMILES string of the molecule is CCNc1ccc(C(=O)Nc2cc(C)cc(C)c2)nn1. The molecule has 0 saturated heterocycles. The van der Waals surface area contributed by atoms with Crippen molar-refractivity contribution in [3.05, 3.63) is 47.2 Å². The molecule has 0 radical (unpaired) electrons. The van der Waals surface area contributed by atoms with Gasteiger partial charge < -0.3 is 10.6 Å². The first-order valence-corrected chi connectivity index (χ1v) is 6.55. The van der Waals surface area contributed by atoms with Crippen molar-refractivity contribution in [3.8, 4) is 0 Å². The zero-order valence-electron chi connectivity index (χ0n) is 11.9. The second-order valence-corrected chi connectivity index (χ2v) is 4.66. The molecule has 2 N–H and O–H groups in total. The molecule has 0 aliphatic carbocycles. The van der Waals surface area contributed by atoms with Crippen LogP contribution < -0.4 is 10.6 Å². The molecule has 20 heavy (non-hydrogen) atoms. The third kappa shape index (κ3) is 3.54. The van der Waals surface area contributed by atoms with Gasteiger partial charge in [0, 0.05) is 12.2 Å². The summed E-state index contributed by atoms with van der Waals surface area (Å²) < 4.78 is 0. The maximum atomic E-state index is 12.1. The van der Waals surface area contributed by atoms with Crippen LogP contribution in [0.15, 0.2) is 30.3 Å². The van der Waals surface area contributed by atoms with E-state index in [1.165, 1.54) is 0 Å². The van der Waals surface area contributed by atoms with Gasteiger partial charge in [0.2, 0.25) is 0 Å². The van der Waals surface area contributed by atoms with Gasteiger partial charge in [-0.25, -0.2) is 0 Å². The van der Waals surface area contributed by atoms with Crippen molar-refractivity contribution >= 4 is 17.4 Å². The summed E-state index contributed by atoms with van der Waals surface area (Å²) >= 11 is 0. The second-order valence-electron chi connectivity index (χ2n) is 4.66. The number of benzene rings is 1. The number of nitrogens with zero attached hydrogens (tertiary/aromatic N) is 2. The Balaban J connectivity index is 2.11. The standard InChI is InChI=1S/C15H18N4O/c1-4-16-14-6-5-13(18-19-14)15(20)17-12-8-10(2)7-11(3)9-12/h5-9H,4H2,1-3H3,(H,16,19)(H,17,20). The Morgan fingerprint density at radius 2 is 1.80 bits per heavy atom. The van der Waals surface area contributed by atoms with Gasteiger partial charge in [0.25, 0.3) is 5.91 Å². The predicted molar refractivity (Wildman–Crippen MR) is 80.1 cm³/mol. The highest BCUT2D eigenvalue weighted by Gasteiger charge is 2.09. The Hall–Kier alpha value is -2.43. The van der Waals surface area contributed by atoms with E-state index in [9.17, 15) is 4.79 Å². The van der Waals surface area contributed by atoms with E-state index in [0.29, 0.717) is 11.5 Å². The van der Waals surface area contributed by atoms with Crippen LogP contribution in [0.1, 0.15) is 28.5 Å². The topological polar surface area (TPSA) is 66.9 Å². The summed E-state index contributed by atoms with van der Waals surface area (Å²) in [6, 6.07) is 9.30. The molecule has 0 saturated carbocycles. The summed E-state index contributed by atoms with van der Waals surface area (Å²) in [5.74, 6) is 0.404. The Bertz CT molecular complexity index is 588. The van der Waals surface area contributed by atoms with Crippen LogP contribution in [-0.4, -0.2) is 22.6 Å². The van der Waals surface area contributed by atoms with Crippen LogP contribution in [0.5, 0.6) is 0 Å². The summed E-state index contributed by atoms with van der Waals surface area (Å²) in [4.78, 5) is 12.1. The van der Waals surface area contributed by atoms with E-state index >= 15 is 0 Å². The van der Waals surface area contributed by atoms with Crippen molar-refractivity contribution in [2.24, 2.45) is 0 Å². The number of hydrogen-bond donors (Lipinski definition) is 2. The number of anilines is 2. The van der Waals surface area contributed by atoms with Gasteiger partial charge in [-0.15, -0.1) is 10.2 Å². The molecule has 5 nitrogen and oxygen atoms in total. The third-order valence-corrected chi connectivity index (χ3v) is 2.73. The summed E-state index contributed by atoms with van der Waals surface area (Å²) in [6.45, 7) is 6.73. The van der Waals surface area contributed by atoms with Gasteiger partial charge in [0.05, 0.1) is 0 Å². The average Bonchev–Trinajstić information content (AvgIpc) is 2.38. The Kier molecular flexibility index (Phi) is 4.30. The molecule has 2 aromatic rings. The van der Waals surface area contributed by atoms with Crippen LogP contribution in [0, 0.1) is 13.8 Å². The molecule has 0 aliphatic rings. The first-order valence-electron chi connectivity index (χ1n) is 6.55. The van der Waals surface area contributed by atoms with Crippen LogP contribution in [0.4, 0.5) is 11.5 Å². The summed E-state index contributed by atoms with van der Waals surface area (Å²) in [5, 5.41) is 13.7. The fourth-order valence-corrected chi connectivity index (χ4v) is 1.97. The van der Waals surface area contributed by atoms with Crippen molar-refractivity contribution in [1.82, 2.24) is 10.2 Å². The lowest BCUT2D eigenvalue weighted by molar-refractivity contribution is 0.102. The molecule has 5 heteroatoms. The van der Waals surface area contributed by atoms with Gasteiger partial charge in [0.15, 0.2) is 5.69 Å². The highest BCUT2D eigenvalue weighted by atomic mass is 16.1. The van der Waals surface area contributed by atoms with Crippen LogP contribution in [0.3, 0.4) is 0 Å². The number of carbonyl (C=O) groups excluding carboxylic acids is 1. The minimum Gasteiger partial charge on any atom is -0.369 e. The molecule has 0 aliphatic heterocycles. The molecule has 0 bridgehead atoms. The zero-order chi connectivity index (χ0) is 14.5. The van der Waals surface area contributed by atoms with Gasteiger partial charge in [-0.2, -0.15) is 0 Å². The molecule has 2 rings (SSSR count). The van der Waals surface area contributed by atoms with Gasteiger partial charge >= 0.3 is 0 Å². The van der Waals surface area contributed by atoms with E-state index in [1.54, 1.807) is 12.1 Å². The zero-order valence-corrected chi connectivity index (χ0v) is 11.9. The smallest absolute Gasteiger partial charge is 0.276 e. The fraction of sp³-hybridized carbons (Fsp3) is 0.267. The minimum absolute atomic E-state index is 0.259. The van der Waals surface area contributed by atoms with Gasteiger partial charge in [0.1, 0.15) is 5.82 Å². The first kappa shape index (κ1) is 14.0. The predicted octanol–water partition coefficient (Wildman–Crippen LogP) is 2.78. The van der Waals surface area contributed by atoms with Crippen LogP contribution in [-0.2, 0) is 0 Å². The Morgan fingerprint density at radius 1 is 1.10 bits per heavy atom. The normalized spacial score (nSPS) is 10.2.